The van der Waals surface area contributed by atoms with Crippen LogP contribution in [0.15, 0.2) is 58.3 Å². The molecule has 27 heavy (non-hydrogen) atoms. The Kier molecular flexibility index (Phi) is 4.88. The highest BCUT2D eigenvalue weighted by molar-refractivity contribution is 7.91. The number of sulfone groups is 1. The Labute approximate surface area is 162 Å². The van der Waals surface area contributed by atoms with E-state index in [-0.39, 0.29) is 14.9 Å². The summed E-state index contributed by atoms with van der Waals surface area (Å²) in [5.74, 6) is 1.44. The zero-order valence-electron chi connectivity index (χ0n) is 14.5. The van der Waals surface area contributed by atoms with Crippen molar-refractivity contribution in [3.05, 3.63) is 59.4 Å². The Morgan fingerprint density at radius 2 is 1.74 bits per heavy atom. The minimum atomic E-state index is -3.68. The van der Waals surface area contributed by atoms with Crippen LogP contribution in [-0.4, -0.2) is 23.6 Å². The fourth-order valence-corrected chi connectivity index (χ4v) is 5.00. The molecule has 1 aliphatic rings. The molecule has 1 aromatic carbocycles. The van der Waals surface area contributed by atoms with Gasteiger partial charge in [0.25, 0.3) is 0 Å². The fourth-order valence-electron chi connectivity index (χ4n) is 3.41. The van der Waals surface area contributed by atoms with Gasteiger partial charge in [0.15, 0.2) is 5.82 Å². The topological polar surface area (TPSA) is 87.7 Å². The van der Waals surface area contributed by atoms with Crippen LogP contribution in [0, 0.1) is 0 Å². The van der Waals surface area contributed by atoms with Crippen LogP contribution < -0.4 is 5.32 Å². The predicted molar refractivity (Wildman–Crippen MR) is 104 cm³/mol. The van der Waals surface area contributed by atoms with E-state index in [1.165, 1.54) is 25.0 Å². The average molecular weight is 403 g/mol. The molecular weight excluding hydrogens is 384 g/mol. The van der Waals surface area contributed by atoms with Crippen LogP contribution in [-0.2, 0) is 9.84 Å². The van der Waals surface area contributed by atoms with E-state index >= 15 is 0 Å². The molecule has 140 valence electrons. The first-order valence-electron chi connectivity index (χ1n) is 8.82. The van der Waals surface area contributed by atoms with E-state index in [0.29, 0.717) is 17.6 Å². The number of rotatable bonds is 5. The van der Waals surface area contributed by atoms with Crippen molar-refractivity contribution >= 4 is 33.1 Å². The number of H-pyrrole nitrogens is 1. The Bertz CT molecular complexity index is 1040. The first-order chi connectivity index (χ1) is 13.0. The molecule has 0 atom stereocenters. The molecule has 4 rings (SSSR count). The van der Waals surface area contributed by atoms with Crippen molar-refractivity contribution in [3.8, 4) is 0 Å². The molecule has 8 heteroatoms. The summed E-state index contributed by atoms with van der Waals surface area (Å²) in [6, 6.07) is 13.0. The van der Waals surface area contributed by atoms with Crippen molar-refractivity contribution in [1.29, 1.82) is 0 Å². The first-order valence-corrected chi connectivity index (χ1v) is 10.7. The summed E-state index contributed by atoms with van der Waals surface area (Å²) >= 11 is 6.07. The van der Waals surface area contributed by atoms with Gasteiger partial charge < -0.3 is 5.32 Å². The number of nitrogens with one attached hydrogen (secondary N) is 2. The van der Waals surface area contributed by atoms with Gasteiger partial charge in [-0.3, -0.25) is 5.10 Å². The predicted octanol–water partition coefficient (Wildman–Crippen LogP) is 4.69. The summed E-state index contributed by atoms with van der Waals surface area (Å²) < 4.78 is 25.7. The van der Waals surface area contributed by atoms with E-state index in [4.69, 9.17) is 11.6 Å². The van der Waals surface area contributed by atoms with E-state index in [2.05, 4.69) is 20.5 Å². The Hall–Kier alpha value is -2.38. The van der Waals surface area contributed by atoms with Crippen LogP contribution in [0.25, 0.3) is 0 Å². The van der Waals surface area contributed by atoms with E-state index < -0.39 is 9.84 Å². The maximum atomic E-state index is 12.8. The molecule has 3 aromatic rings. The van der Waals surface area contributed by atoms with Gasteiger partial charge in [-0.25, -0.2) is 13.4 Å². The maximum Gasteiger partial charge on any atom is 0.206 e. The minimum absolute atomic E-state index is 0.0859. The van der Waals surface area contributed by atoms with E-state index in [1.807, 2.05) is 6.07 Å². The van der Waals surface area contributed by atoms with Crippen molar-refractivity contribution in [3.63, 3.8) is 0 Å². The maximum absolute atomic E-state index is 12.8. The summed E-state index contributed by atoms with van der Waals surface area (Å²) in [6.45, 7) is 0. The van der Waals surface area contributed by atoms with Gasteiger partial charge in [-0.2, -0.15) is 5.10 Å². The molecule has 0 unspecified atom stereocenters. The molecule has 0 saturated heterocycles. The highest BCUT2D eigenvalue weighted by Crippen LogP contribution is 2.34. The normalized spacial score (nSPS) is 15.1. The number of aromatic amines is 1. The molecule has 1 fully saturated rings. The van der Waals surface area contributed by atoms with Crippen LogP contribution in [0.5, 0.6) is 0 Å². The van der Waals surface area contributed by atoms with Gasteiger partial charge in [0.2, 0.25) is 9.84 Å². The standard InChI is InChI=1S/C19H19ClN4O2S/c20-17-10-15(27(25,26)14-8-2-1-3-9-14)11-18(21-17)22-19-12-16(23-24-19)13-6-4-5-7-13/h1-3,8-13H,4-7H2,(H2,21,22,23,24). The molecule has 2 aromatic heterocycles. The second-order valence-corrected chi connectivity index (χ2v) is 8.98. The molecule has 0 bridgehead atoms. The molecule has 6 nitrogen and oxygen atoms in total. The summed E-state index contributed by atoms with van der Waals surface area (Å²) in [6.07, 6.45) is 4.80. The van der Waals surface area contributed by atoms with Gasteiger partial charge in [-0.1, -0.05) is 42.6 Å². The largest absolute Gasteiger partial charge is 0.323 e. The van der Waals surface area contributed by atoms with Crippen LogP contribution in [0.3, 0.4) is 0 Å². The van der Waals surface area contributed by atoms with Crippen LogP contribution >= 0.6 is 11.6 Å². The Morgan fingerprint density at radius 3 is 2.48 bits per heavy atom. The number of halogens is 1. The van der Waals surface area contributed by atoms with E-state index in [1.54, 1.807) is 30.3 Å². The van der Waals surface area contributed by atoms with Crippen LogP contribution in [0.2, 0.25) is 5.15 Å². The van der Waals surface area contributed by atoms with Crippen molar-refractivity contribution in [1.82, 2.24) is 15.2 Å². The third-order valence-corrected chi connectivity index (χ3v) is 6.72. The quantitative estimate of drug-likeness (QED) is 0.604. The van der Waals surface area contributed by atoms with Crippen molar-refractivity contribution in [2.75, 3.05) is 5.32 Å². The molecule has 0 aliphatic heterocycles. The lowest BCUT2D eigenvalue weighted by Crippen LogP contribution is -2.04. The van der Waals surface area contributed by atoms with Crippen molar-refractivity contribution < 1.29 is 8.42 Å². The molecular formula is C19H19ClN4O2S. The molecule has 1 aliphatic carbocycles. The summed E-state index contributed by atoms with van der Waals surface area (Å²) in [5.41, 5.74) is 1.09. The zero-order valence-corrected chi connectivity index (χ0v) is 16.1. The molecule has 2 heterocycles. The van der Waals surface area contributed by atoms with Gasteiger partial charge in [0, 0.05) is 17.7 Å². The lowest BCUT2D eigenvalue weighted by molar-refractivity contribution is 0.596. The van der Waals surface area contributed by atoms with Crippen LogP contribution in [0.1, 0.15) is 37.3 Å². The molecule has 0 spiro atoms. The van der Waals surface area contributed by atoms with Crippen LogP contribution in [0.4, 0.5) is 11.6 Å². The lowest BCUT2D eigenvalue weighted by Gasteiger charge is -2.08. The second-order valence-electron chi connectivity index (χ2n) is 6.64. The SMILES string of the molecule is O=S(=O)(c1ccccc1)c1cc(Cl)nc(Nc2cc(C3CCCC3)[nH]n2)c1. The van der Waals surface area contributed by atoms with Gasteiger partial charge >= 0.3 is 0 Å². The number of anilines is 2. The molecule has 2 N–H and O–H groups in total. The number of hydrogen-bond acceptors (Lipinski definition) is 5. The third kappa shape index (κ3) is 3.84. The van der Waals surface area contributed by atoms with Gasteiger partial charge in [0.1, 0.15) is 11.0 Å². The van der Waals surface area contributed by atoms with Gasteiger partial charge in [0.05, 0.1) is 9.79 Å². The number of nitrogens with zero attached hydrogens (tertiary/aromatic N) is 2. The number of aromatic nitrogens is 3. The average Bonchev–Trinajstić information content (AvgIpc) is 3.33. The molecule has 1 saturated carbocycles. The monoisotopic (exact) mass is 402 g/mol. The summed E-state index contributed by atoms with van der Waals surface area (Å²) in [5, 5.41) is 10.5. The fraction of sp³-hybridized carbons (Fsp3) is 0.263. The minimum Gasteiger partial charge on any atom is -0.323 e. The summed E-state index contributed by atoms with van der Waals surface area (Å²) in [7, 11) is -3.68. The molecule has 0 radical (unpaired) electrons. The number of pyridine rings is 1. The van der Waals surface area contributed by atoms with Gasteiger partial charge in [-0.05, 0) is 37.1 Å². The zero-order chi connectivity index (χ0) is 18.9. The van der Waals surface area contributed by atoms with Crippen molar-refractivity contribution in [2.24, 2.45) is 0 Å². The number of hydrogen-bond donors (Lipinski definition) is 2. The third-order valence-electron chi connectivity index (χ3n) is 4.78. The highest BCUT2D eigenvalue weighted by Gasteiger charge is 2.21. The second kappa shape index (κ2) is 7.32. The summed E-state index contributed by atoms with van der Waals surface area (Å²) in [4.78, 5) is 4.47. The first kappa shape index (κ1) is 18.0. The van der Waals surface area contributed by atoms with E-state index in [9.17, 15) is 8.42 Å². The Balaban J connectivity index is 1.61. The Morgan fingerprint density at radius 1 is 1.00 bits per heavy atom. The van der Waals surface area contributed by atoms with Crippen molar-refractivity contribution in [2.45, 2.75) is 41.4 Å². The smallest absolute Gasteiger partial charge is 0.206 e. The highest BCUT2D eigenvalue weighted by atomic mass is 35.5. The molecule has 0 amide bonds. The lowest BCUT2D eigenvalue weighted by atomic mass is 10.0. The van der Waals surface area contributed by atoms with E-state index in [0.717, 1.165) is 18.5 Å². The van der Waals surface area contributed by atoms with Gasteiger partial charge in [-0.15, -0.1) is 0 Å². The number of benzene rings is 1.